The Morgan fingerprint density at radius 3 is 2.69 bits per heavy atom. The van der Waals surface area contributed by atoms with Gasteiger partial charge in [0.2, 0.25) is 11.7 Å². The Labute approximate surface area is 171 Å². The Morgan fingerprint density at radius 2 is 1.90 bits per heavy atom. The minimum atomic E-state index is -0.0963. The van der Waals surface area contributed by atoms with Crippen molar-refractivity contribution >= 4 is 27.3 Å². The molecule has 0 N–H and O–H groups in total. The number of carbonyl (C=O) groups excluding carboxylic acids is 1. The van der Waals surface area contributed by atoms with Crippen LogP contribution in [0.5, 0.6) is 11.6 Å². The molecule has 5 rings (SSSR count). The number of hydrogen-bond donors (Lipinski definition) is 0. The first-order valence-electron chi connectivity index (χ1n) is 9.35. The zero-order valence-corrected chi connectivity index (χ0v) is 16.3. The second kappa shape index (κ2) is 7.69. The molecule has 1 aliphatic heterocycles. The largest absolute Gasteiger partial charge is 0.437 e. The highest BCUT2D eigenvalue weighted by Crippen LogP contribution is 2.32. The average Bonchev–Trinajstić information content (AvgIpc) is 3.44. The van der Waals surface area contributed by atoms with Gasteiger partial charge in [-0.1, -0.05) is 12.1 Å². The number of carbonyl (C=O) groups is 1. The van der Waals surface area contributed by atoms with Gasteiger partial charge in [0, 0.05) is 30.5 Å². The maximum Gasteiger partial charge on any atom is 0.241 e. The molecular formula is C22H17N3O3S. The van der Waals surface area contributed by atoms with Crippen molar-refractivity contribution in [2.75, 3.05) is 13.2 Å². The molecule has 3 heterocycles. The highest BCUT2D eigenvalue weighted by Gasteiger charge is 2.24. The lowest BCUT2D eigenvalue weighted by Gasteiger charge is -2.12. The fourth-order valence-corrected chi connectivity index (χ4v) is 4.25. The SMILES string of the molecule is O=C(c1ccc(Oc2nccnc2[C@H]2CCOC2)cc1)c1nc2ccccc2s1. The summed E-state index contributed by atoms with van der Waals surface area (Å²) in [5, 5.41) is 0.484. The summed E-state index contributed by atoms with van der Waals surface area (Å²) in [6, 6.07) is 14.8. The predicted molar refractivity (Wildman–Crippen MR) is 110 cm³/mol. The van der Waals surface area contributed by atoms with Crippen LogP contribution in [-0.4, -0.2) is 33.9 Å². The van der Waals surface area contributed by atoms with E-state index in [9.17, 15) is 4.79 Å². The van der Waals surface area contributed by atoms with Gasteiger partial charge in [-0.05, 0) is 42.8 Å². The second-order valence-corrected chi connectivity index (χ2v) is 7.78. The topological polar surface area (TPSA) is 74.2 Å². The quantitative estimate of drug-likeness (QED) is 0.453. The summed E-state index contributed by atoms with van der Waals surface area (Å²) in [4.78, 5) is 26.0. The Balaban J connectivity index is 1.36. The summed E-state index contributed by atoms with van der Waals surface area (Å²) in [6.07, 6.45) is 4.19. The Bertz CT molecular complexity index is 1130. The van der Waals surface area contributed by atoms with Gasteiger partial charge >= 0.3 is 0 Å². The molecule has 0 radical (unpaired) electrons. The molecule has 2 aromatic heterocycles. The van der Waals surface area contributed by atoms with E-state index in [4.69, 9.17) is 9.47 Å². The molecule has 0 aliphatic carbocycles. The molecule has 0 spiro atoms. The third kappa shape index (κ3) is 3.62. The Kier molecular flexibility index (Phi) is 4.75. The summed E-state index contributed by atoms with van der Waals surface area (Å²) in [5.41, 5.74) is 2.21. The van der Waals surface area contributed by atoms with E-state index in [1.807, 2.05) is 24.3 Å². The molecular weight excluding hydrogens is 386 g/mol. The normalized spacial score (nSPS) is 16.2. The molecule has 1 atom stereocenters. The highest BCUT2D eigenvalue weighted by molar-refractivity contribution is 7.20. The van der Waals surface area contributed by atoms with Crippen LogP contribution in [0.3, 0.4) is 0 Å². The van der Waals surface area contributed by atoms with Crippen LogP contribution in [0.4, 0.5) is 0 Å². The zero-order chi connectivity index (χ0) is 19.6. The van der Waals surface area contributed by atoms with Gasteiger partial charge in [0.05, 0.1) is 16.8 Å². The molecule has 0 unspecified atom stereocenters. The average molecular weight is 403 g/mol. The minimum Gasteiger partial charge on any atom is -0.437 e. The number of aromatic nitrogens is 3. The van der Waals surface area contributed by atoms with Crippen molar-refractivity contribution in [3.05, 3.63) is 77.2 Å². The molecule has 1 fully saturated rings. The van der Waals surface area contributed by atoms with E-state index in [-0.39, 0.29) is 11.7 Å². The first-order chi connectivity index (χ1) is 14.3. The smallest absolute Gasteiger partial charge is 0.241 e. The van der Waals surface area contributed by atoms with Crippen molar-refractivity contribution in [3.63, 3.8) is 0 Å². The van der Waals surface area contributed by atoms with Crippen LogP contribution in [0.25, 0.3) is 10.2 Å². The van der Waals surface area contributed by atoms with Gasteiger partial charge in [-0.25, -0.2) is 9.97 Å². The highest BCUT2D eigenvalue weighted by atomic mass is 32.1. The predicted octanol–water partition coefficient (Wildman–Crippen LogP) is 4.61. The molecule has 144 valence electrons. The standard InChI is InChI=1S/C22H17N3O3S/c26-20(22-25-17-3-1-2-4-18(17)29-22)14-5-7-16(8-6-14)28-21-19(23-10-11-24-21)15-9-12-27-13-15/h1-8,10-11,15H,9,12-13H2/t15-/m0/s1. The van der Waals surface area contributed by atoms with E-state index >= 15 is 0 Å². The van der Waals surface area contributed by atoms with Crippen LogP contribution < -0.4 is 4.74 Å². The molecule has 4 aromatic rings. The van der Waals surface area contributed by atoms with Crippen molar-refractivity contribution in [1.82, 2.24) is 15.0 Å². The van der Waals surface area contributed by atoms with Crippen molar-refractivity contribution in [1.29, 1.82) is 0 Å². The number of ketones is 1. The molecule has 7 heteroatoms. The molecule has 29 heavy (non-hydrogen) atoms. The van der Waals surface area contributed by atoms with Crippen molar-refractivity contribution in [3.8, 4) is 11.6 Å². The molecule has 6 nitrogen and oxygen atoms in total. The van der Waals surface area contributed by atoms with Crippen LogP contribution in [0.2, 0.25) is 0 Å². The van der Waals surface area contributed by atoms with E-state index < -0.39 is 0 Å². The Morgan fingerprint density at radius 1 is 1.07 bits per heavy atom. The van der Waals surface area contributed by atoms with Crippen LogP contribution in [0, 0.1) is 0 Å². The van der Waals surface area contributed by atoms with Gasteiger partial charge in [0.1, 0.15) is 11.4 Å². The first-order valence-corrected chi connectivity index (χ1v) is 10.2. The van der Waals surface area contributed by atoms with Gasteiger partial charge in [-0.15, -0.1) is 11.3 Å². The third-order valence-electron chi connectivity index (χ3n) is 4.83. The van der Waals surface area contributed by atoms with Crippen molar-refractivity contribution in [2.45, 2.75) is 12.3 Å². The van der Waals surface area contributed by atoms with Crippen molar-refractivity contribution in [2.24, 2.45) is 0 Å². The maximum atomic E-state index is 12.8. The van der Waals surface area contributed by atoms with Gasteiger partial charge in [0.25, 0.3) is 0 Å². The number of hydrogen-bond acceptors (Lipinski definition) is 7. The number of nitrogens with zero attached hydrogens (tertiary/aromatic N) is 3. The van der Waals surface area contributed by atoms with Gasteiger partial charge in [-0.3, -0.25) is 9.78 Å². The van der Waals surface area contributed by atoms with Crippen LogP contribution >= 0.6 is 11.3 Å². The summed E-state index contributed by atoms with van der Waals surface area (Å²) in [6.45, 7) is 1.36. The number of ether oxygens (including phenoxy) is 2. The molecule has 0 saturated carbocycles. The number of para-hydroxylation sites is 1. The van der Waals surface area contributed by atoms with E-state index in [1.165, 1.54) is 11.3 Å². The second-order valence-electron chi connectivity index (χ2n) is 6.75. The van der Waals surface area contributed by atoms with Gasteiger partial charge in [-0.2, -0.15) is 0 Å². The molecule has 2 aromatic carbocycles. The lowest BCUT2D eigenvalue weighted by Crippen LogP contribution is -2.05. The number of fused-ring (bicyclic) bond motifs is 1. The number of thiazole rings is 1. The van der Waals surface area contributed by atoms with E-state index in [0.29, 0.717) is 28.8 Å². The van der Waals surface area contributed by atoms with Crippen LogP contribution in [0.1, 0.15) is 33.4 Å². The molecule has 1 aliphatic rings. The van der Waals surface area contributed by atoms with E-state index in [1.54, 1.807) is 36.7 Å². The van der Waals surface area contributed by atoms with Crippen LogP contribution in [0.15, 0.2) is 60.9 Å². The molecule has 0 bridgehead atoms. The van der Waals surface area contributed by atoms with Crippen LogP contribution in [-0.2, 0) is 4.74 Å². The summed E-state index contributed by atoms with van der Waals surface area (Å²) in [7, 11) is 0. The monoisotopic (exact) mass is 403 g/mol. The lowest BCUT2D eigenvalue weighted by molar-refractivity contribution is 0.103. The Hall–Kier alpha value is -3.16. The number of benzene rings is 2. The lowest BCUT2D eigenvalue weighted by atomic mass is 10.1. The minimum absolute atomic E-state index is 0.0963. The third-order valence-corrected chi connectivity index (χ3v) is 5.86. The van der Waals surface area contributed by atoms with E-state index in [2.05, 4.69) is 15.0 Å². The molecule has 1 saturated heterocycles. The fourth-order valence-electron chi connectivity index (χ4n) is 3.32. The first kappa shape index (κ1) is 17.9. The summed E-state index contributed by atoms with van der Waals surface area (Å²) < 4.78 is 12.4. The van der Waals surface area contributed by atoms with Crippen molar-refractivity contribution < 1.29 is 14.3 Å². The number of rotatable bonds is 5. The zero-order valence-electron chi connectivity index (χ0n) is 15.4. The van der Waals surface area contributed by atoms with Gasteiger partial charge < -0.3 is 9.47 Å². The maximum absolute atomic E-state index is 12.8. The molecule has 0 amide bonds. The summed E-state index contributed by atoms with van der Waals surface area (Å²) >= 11 is 1.40. The summed E-state index contributed by atoms with van der Waals surface area (Å²) in [5.74, 6) is 1.18. The van der Waals surface area contributed by atoms with Gasteiger partial charge in [0.15, 0.2) is 5.01 Å². The fraction of sp³-hybridized carbons (Fsp3) is 0.182. The van der Waals surface area contributed by atoms with E-state index in [0.717, 1.165) is 28.9 Å².